The van der Waals surface area contributed by atoms with Gasteiger partial charge in [0.1, 0.15) is 11.6 Å². The molecule has 0 radical (unpaired) electrons. The van der Waals surface area contributed by atoms with Gasteiger partial charge in [-0.05, 0) is 30.9 Å². The summed E-state index contributed by atoms with van der Waals surface area (Å²) in [5, 5.41) is 2.95. The van der Waals surface area contributed by atoms with Crippen LogP contribution in [0.4, 0.5) is 13.2 Å². The highest BCUT2D eigenvalue weighted by atomic mass is 19.3. The number of ether oxygens (including phenoxy) is 1. The van der Waals surface area contributed by atoms with E-state index in [1.165, 1.54) is 37.5 Å². The molecule has 0 heterocycles. The first kappa shape index (κ1) is 15.5. The standard InChI is InChI=1S/C14H18F3N3O/c15-11-5-2-6-12(21-13(16)17)10(11)8-20-14(18)19-7-9-3-1-4-9/h2,5-6,9,13H,1,3-4,7-8H2,(H3,18,19,20). The van der Waals surface area contributed by atoms with Crippen molar-refractivity contribution in [2.24, 2.45) is 16.6 Å². The van der Waals surface area contributed by atoms with E-state index in [-0.39, 0.29) is 23.8 Å². The second-order valence-corrected chi connectivity index (χ2v) is 4.97. The summed E-state index contributed by atoms with van der Waals surface area (Å²) >= 11 is 0. The van der Waals surface area contributed by atoms with Crippen molar-refractivity contribution in [2.75, 3.05) is 6.54 Å². The van der Waals surface area contributed by atoms with Gasteiger partial charge in [-0.2, -0.15) is 8.78 Å². The monoisotopic (exact) mass is 301 g/mol. The first-order valence-corrected chi connectivity index (χ1v) is 6.82. The first-order chi connectivity index (χ1) is 10.1. The van der Waals surface area contributed by atoms with Crippen molar-refractivity contribution in [1.29, 1.82) is 0 Å². The summed E-state index contributed by atoms with van der Waals surface area (Å²) < 4.78 is 42.5. The van der Waals surface area contributed by atoms with E-state index >= 15 is 0 Å². The Labute approximate surface area is 121 Å². The molecule has 21 heavy (non-hydrogen) atoms. The van der Waals surface area contributed by atoms with Crippen LogP contribution >= 0.6 is 0 Å². The average Bonchev–Trinajstić information content (AvgIpc) is 2.35. The number of nitrogens with one attached hydrogen (secondary N) is 1. The van der Waals surface area contributed by atoms with Gasteiger partial charge in [0, 0.05) is 6.54 Å². The molecule has 0 aromatic heterocycles. The second kappa shape index (κ2) is 7.19. The molecular formula is C14H18F3N3O. The summed E-state index contributed by atoms with van der Waals surface area (Å²) in [6.07, 6.45) is 3.56. The Balaban J connectivity index is 1.96. The summed E-state index contributed by atoms with van der Waals surface area (Å²) in [6.45, 7) is -2.44. The van der Waals surface area contributed by atoms with E-state index in [9.17, 15) is 13.2 Å². The summed E-state index contributed by atoms with van der Waals surface area (Å²) in [5.41, 5.74) is 5.64. The van der Waals surface area contributed by atoms with Gasteiger partial charge in [-0.25, -0.2) is 9.38 Å². The number of nitrogens with zero attached hydrogens (tertiary/aromatic N) is 1. The number of nitrogens with two attached hydrogens (primary N) is 1. The third-order valence-corrected chi connectivity index (χ3v) is 3.50. The molecule has 1 fully saturated rings. The second-order valence-electron chi connectivity index (χ2n) is 4.97. The molecule has 1 saturated carbocycles. The highest BCUT2D eigenvalue weighted by molar-refractivity contribution is 5.77. The Morgan fingerprint density at radius 1 is 1.43 bits per heavy atom. The van der Waals surface area contributed by atoms with Crippen LogP contribution in [0.1, 0.15) is 24.8 Å². The van der Waals surface area contributed by atoms with Crippen molar-refractivity contribution in [3.8, 4) is 5.75 Å². The van der Waals surface area contributed by atoms with Crippen LogP contribution in [0.25, 0.3) is 0 Å². The summed E-state index contributed by atoms with van der Waals surface area (Å²) in [5.74, 6) is -0.0951. The van der Waals surface area contributed by atoms with Crippen LogP contribution in [0.15, 0.2) is 23.2 Å². The highest BCUT2D eigenvalue weighted by Crippen LogP contribution is 2.25. The van der Waals surface area contributed by atoms with E-state index in [0.717, 1.165) is 6.54 Å². The lowest BCUT2D eigenvalue weighted by atomic mass is 9.85. The zero-order valence-corrected chi connectivity index (χ0v) is 11.5. The van der Waals surface area contributed by atoms with Crippen LogP contribution in [0, 0.1) is 11.7 Å². The minimum Gasteiger partial charge on any atom is -0.434 e. The largest absolute Gasteiger partial charge is 0.434 e. The number of hydrogen-bond acceptors (Lipinski definition) is 2. The van der Waals surface area contributed by atoms with Crippen molar-refractivity contribution in [1.82, 2.24) is 5.32 Å². The maximum atomic E-state index is 13.7. The summed E-state index contributed by atoms with van der Waals surface area (Å²) in [4.78, 5) is 3.97. The van der Waals surface area contributed by atoms with Crippen LogP contribution in [0.5, 0.6) is 5.75 Å². The van der Waals surface area contributed by atoms with Gasteiger partial charge in [0.15, 0.2) is 5.96 Å². The SMILES string of the molecule is NC(=NCc1c(F)cccc1OC(F)F)NCC1CCC1. The van der Waals surface area contributed by atoms with E-state index in [2.05, 4.69) is 15.0 Å². The molecule has 0 spiro atoms. The number of rotatable bonds is 6. The Morgan fingerprint density at radius 2 is 2.19 bits per heavy atom. The highest BCUT2D eigenvalue weighted by Gasteiger charge is 2.17. The molecule has 0 atom stereocenters. The Hall–Kier alpha value is -1.92. The Kier molecular flexibility index (Phi) is 5.30. The summed E-state index contributed by atoms with van der Waals surface area (Å²) in [7, 11) is 0. The number of benzene rings is 1. The Morgan fingerprint density at radius 3 is 2.81 bits per heavy atom. The normalized spacial score (nSPS) is 15.9. The topological polar surface area (TPSA) is 59.6 Å². The smallest absolute Gasteiger partial charge is 0.387 e. The molecule has 1 aliphatic rings. The van der Waals surface area contributed by atoms with Gasteiger partial charge in [0.2, 0.25) is 0 Å². The lowest BCUT2D eigenvalue weighted by molar-refractivity contribution is -0.0506. The molecule has 2 rings (SSSR count). The fraction of sp³-hybridized carbons (Fsp3) is 0.500. The summed E-state index contributed by atoms with van der Waals surface area (Å²) in [6, 6.07) is 3.75. The predicted octanol–water partition coefficient (Wildman–Crippen LogP) is 2.63. The average molecular weight is 301 g/mol. The molecule has 0 unspecified atom stereocenters. The van der Waals surface area contributed by atoms with Gasteiger partial charge < -0.3 is 15.8 Å². The third-order valence-electron chi connectivity index (χ3n) is 3.50. The number of guanidine groups is 1. The molecule has 0 aliphatic heterocycles. The minimum absolute atomic E-state index is 0.0359. The van der Waals surface area contributed by atoms with Gasteiger partial charge >= 0.3 is 6.61 Å². The number of alkyl halides is 2. The van der Waals surface area contributed by atoms with Crippen LogP contribution in [-0.2, 0) is 6.54 Å². The number of halogens is 3. The van der Waals surface area contributed by atoms with Gasteiger partial charge in [0.05, 0.1) is 12.1 Å². The molecule has 0 bridgehead atoms. The van der Waals surface area contributed by atoms with Crippen molar-refractivity contribution in [2.45, 2.75) is 32.4 Å². The molecule has 4 nitrogen and oxygen atoms in total. The van der Waals surface area contributed by atoms with Crippen molar-refractivity contribution in [3.05, 3.63) is 29.6 Å². The van der Waals surface area contributed by atoms with Crippen molar-refractivity contribution in [3.63, 3.8) is 0 Å². The zero-order chi connectivity index (χ0) is 15.2. The molecular weight excluding hydrogens is 283 g/mol. The maximum Gasteiger partial charge on any atom is 0.387 e. The van der Waals surface area contributed by atoms with Gasteiger partial charge in [-0.1, -0.05) is 12.5 Å². The molecule has 1 aliphatic carbocycles. The molecule has 3 N–H and O–H groups in total. The maximum absolute atomic E-state index is 13.7. The first-order valence-electron chi connectivity index (χ1n) is 6.82. The van der Waals surface area contributed by atoms with Gasteiger partial charge in [-0.3, -0.25) is 0 Å². The number of aliphatic imine (C=N–C) groups is 1. The van der Waals surface area contributed by atoms with Crippen molar-refractivity contribution >= 4 is 5.96 Å². The van der Waals surface area contributed by atoms with Gasteiger partial charge in [-0.15, -0.1) is 0 Å². The quantitative estimate of drug-likeness (QED) is 0.627. The number of hydrogen-bond donors (Lipinski definition) is 2. The van der Waals surface area contributed by atoms with E-state index in [0.29, 0.717) is 5.92 Å². The molecule has 7 heteroatoms. The van der Waals surface area contributed by atoms with E-state index < -0.39 is 12.4 Å². The van der Waals surface area contributed by atoms with E-state index in [4.69, 9.17) is 5.73 Å². The molecule has 0 amide bonds. The molecule has 1 aromatic carbocycles. The lowest BCUT2D eigenvalue weighted by Crippen LogP contribution is -2.37. The molecule has 116 valence electrons. The third kappa shape index (κ3) is 4.54. The van der Waals surface area contributed by atoms with Crippen molar-refractivity contribution < 1.29 is 17.9 Å². The fourth-order valence-corrected chi connectivity index (χ4v) is 2.06. The van der Waals surface area contributed by atoms with Crippen LogP contribution < -0.4 is 15.8 Å². The Bertz CT molecular complexity index is 504. The van der Waals surface area contributed by atoms with Crippen LogP contribution in [0.3, 0.4) is 0 Å². The molecule has 1 aromatic rings. The van der Waals surface area contributed by atoms with Gasteiger partial charge in [0.25, 0.3) is 0 Å². The lowest BCUT2D eigenvalue weighted by Gasteiger charge is -2.25. The predicted molar refractivity (Wildman–Crippen MR) is 73.7 cm³/mol. The van der Waals surface area contributed by atoms with E-state index in [1.807, 2.05) is 0 Å². The zero-order valence-electron chi connectivity index (χ0n) is 11.5. The van der Waals surface area contributed by atoms with Crippen LogP contribution in [0.2, 0.25) is 0 Å². The van der Waals surface area contributed by atoms with Crippen LogP contribution in [-0.4, -0.2) is 19.1 Å². The molecule has 0 saturated heterocycles. The minimum atomic E-state index is -3.01. The fourth-order valence-electron chi connectivity index (χ4n) is 2.06. The van der Waals surface area contributed by atoms with E-state index in [1.54, 1.807) is 0 Å².